The zero-order valence-corrected chi connectivity index (χ0v) is 7.29. The highest BCUT2D eigenvalue weighted by Crippen LogP contribution is 1.88. The van der Waals surface area contributed by atoms with E-state index in [-0.39, 0.29) is 12.4 Å². The molecule has 0 saturated heterocycles. The van der Waals surface area contributed by atoms with E-state index in [1.165, 1.54) is 6.08 Å². The number of esters is 1. The van der Waals surface area contributed by atoms with Crippen LogP contribution in [-0.2, 0) is 14.3 Å². The largest absolute Gasteiger partial charge is 0.463 e. The molecule has 0 spiro atoms. The summed E-state index contributed by atoms with van der Waals surface area (Å²) in [5.41, 5.74) is 4.17. The van der Waals surface area contributed by atoms with Crippen molar-refractivity contribution < 1.29 is 14.3 Å². The average molecular weight is 173 g/mol. The van der Waals surface area contributed by atoms with E-state index in [9.17, 15) is 4.79 Å². The van der Waals surface area contributed by atoms with Gasteiger partial charge in [0.2, 0.25) is 6.41 Å². The van der Waals surface area contributed by atoms with E-state index >= 15 is 0 Å². The maximum absolute atomic E-state index is 10.3. The Morgan fingerprint density at radius 2 is 2.17 bits per heavy atom. The van der Waals surface area contributed by atoms with Gasteiger partial charge >= 0.3 is 5.97 Å². The lowest BCUT2D eigenvalue weighted by atomic mass is 10.4. The molecule has 0 bridgehead atoms. The number of amides is 1. The topological polar surface area (TPSA) is 69.4 Å². The number of primary amides is 1. The van der Waals surface area contributed by atoms with Crippen molar-refractivity contribution in [2.45, 2.75) is 19.8 Å². The van der Waals surface area contributed by atoms with Crippen LogP contribution in [0.25, 0.3) is 0 Å². The minimum absolute atomic E-state index is 0.250. The van der Waals surface area contributed by atoms with Crippen LogP contribution in [0.1, 0.15) is 19.8 Å². The highest BCUT2D eigenvalue weighted by atomic mass is 16.5. The molecule has 0 saturated carbocycles. The van der Waals surface area contributed by atoms with E-state index in [1.807, 2.05) is 6.92 Å². The molecule has 0 unspecified atom stereocenters. The predicted molar refractivity (Wildman–Crippen MR) is 46.3 cm³/mol. The van der Waals surface area contributed by atoms with Crippen molar-refractivity contribution in [1.29, 1.82) is 0 Å². The minimum atomic E-state index is -0.330. The zero-order chi connectivity index (χ0) is 9.82. The molecule has 2 N–H and O–H groups in total. The number of hydrogen-bond acceptors (Lipinski definition) is 3. The summed E-state index contributed by atoms with van der Waals surface area (Å²) in [6.07, 6.45) is 3.40. The van der Waals surface area contributed by atoms with Gasteiger partial charge in [-0.25, -0.2) is 4.79 Å². The van der Waals surface area contributed by atoms with Gasteiger partial charge in [0.05, 0.1) is 6.61 Å². The molecule has 0 atom stereocenters. The molecule has 0 heterocycles. The molecule has 0 aliphatic carbocycles. The van der Waals surface area contributed by atoms with Gasteiger partial charge in [-0.05, 0) is 6.42 Å². The van der Waals surface area contributed by atoms with Gasteiger partial charge in [-0.3, -0.25) is 4.79 Å². The second-order valence-electron chi connectivity index (χ2n) is 1.86. The Balaban J connectivity index is 0. The third-order valence-electron chi connectivity index (χ3n) is 0.909. The summed E-state index contributed by atoms with van der Waals surface area (Å²) in [5, 5.41) is 0. The SMILES string of the molecule is C=CC(=O)OCCCC.NC=O. The molecule has 0 aliphatic heterocycles. The molecule has 4 nitrogen and oxygen atoms in total. The molecule has 12 heavy (non-hydrogen) atoms. The summed E-state index contributed by atoms with van der Waals surface area (Å²) >= 11 is 0. The first-order valence-electron chi connectivity index (χ1n) is 3.67. The molecule has 0 rings (SSSR count). The van der Waals surface area contributed by atoms with Gasteiger partial charge in [0.15, 0.2) is 0 Å². The standard InChI is InChI=1S/C7H12O2.CH3NO/c1-3-5-6-9-7(8)4-2;2-1-3/h4H,2-3,5-6H2,1H3;1H,(H2,2,3). The Morgan fingerprint density at radius 1 is 1.67 bits per heavy atom. The molecular weight excluding hydrogens is 158 g/mol. The Bertz CT molecular complexity index is 134. The lowest BCUT2D eigenvalue weighted by molar-refractivity contribution is -0.137. The highest BCUT2D eigenvalue weighted by Gasteiger charge is 1.91. The Hall–Kier alpha value is -1.32. The molecule has 0 aromatic carbocycles. The van der Waals surface area contributed by atoms with E-state index in [0.29, 0.717) is 6.61 Å². The number of unbranched alkanes of at least 4 members (excludes halogenated alkanes) is 1. The number of nitrogens with two attached hydrogens (primary N) is 1. The van der Waals surface area contributed by atoms with E-state index in [4.69, 9.17) is 4.79 Å². The normalized spacial score (nSPS) is 7.42. The summed E-state index contributed by atoms with van der Waals surface area (Å²) in [4.78, 5) is 18.9. The number of ether oxygens (including phenoxy) is 1. The Morgan fingerprint density at radius 3 is 2.50 bits per heavy atom. The van der Waals surface area contributed by atoms with Crippen LogP contribution in [0.2, 0.25) is 0 Å². The van der Waals surface area contributed by atoms with Crippen LogP contribution in [0.4, 0.5) is 0 Å². The number of carbonyl (C=O) groups is 2. The molecule has 0 aromatic rings. The first-order chi connectivity index (χ1) is 5.72. The van der Waals surface area contributed by atoms with Crippen LogP contribution in [0, 0.1) is 0 Å². The van der Waals surface area contributed by atoms with Crippen molar-refractivity contribution in [3.63, 3.8) is 0 Å². The maximum Gasteiger partial charge on any atom is 0.330 e. The number of carbonyl (C=O) groups excluding carboxylic acids is 2. The minimum Gasteiger partial charge on any atom is -0.463 e. The van der Waals surface area contributed by atoms with Crippen molar-refractivity contribution in [3.8, 4) is 0 Å². The van der Waals surface area contributed by atoms with Gasteiger partial charge in [-0.15, -0.1) is 0 Å². The summed E-state index contributed by atoms with van der Waals surface area (Å²) < 4.78 is 4.67. The Kier molecular flexibility index (Phi) is 13.7. The van der Waals surface area contributed by atoms with Crippen LogP contribution in [0.5, 0.6) is 0 Å². The first kappa shape index (κ1) is 13.3. The van der Waals surface area contributed by atoms with E-state index < -0.39 is 0 Å². The summed E-state index contributed by atoms with van der Waals surface area (Å²) in [6.45, 7) is 5.82. The third-order valence-corrected chi connectivity index (χ3v) is 0.909. The third kappa shape index (κ3) is 15.9. The summed E-state index contributed by atoms with van der Waals surface area (Å²) in [5.74, 6) is -0.330. The molecule has 1 amide bonds. The maximum atomic E-state index is 10.3. The van der Waals surface area contributed by atoms with Gasteiger partial charge in [-0.1, -0.05) is 19.9 Å². The molecule has 0 radical (unpaired) electrons. The molecule has 0 aliphatic rings. The summed E-state index contributed by atoms with van der Waals surface area (Å²) in [6, 6.07) is 0. The van der Waals surface area contributed by atoms with Crippen LogP contribution in [0.3, 0.4) is 0 Å². The van der Waals surface area contributed by atoms with Crippen LogP contribution >= 0.6 is 0 Å². The smallest absolute Gasteiger partial charge is 0.330 e. The average Bonchev–Trinajstić information content (AvgIpc) is 2.06. The molecule has 70 valence electrons. The van der Waals surface area contributed by atoms with Gasteiger partial charge in [-0.2, -0.15) is 0 Å². The molecule has 4 heteroatoms. The van der Waals surface area contributed by atoms with Crippen LogP contribution in [-0.4, -0.2) is 19.0 Å². The molecule has 0 aromatic heterocycles. The van der Waals surface area contributed by atoms with Crippen molar-refractivity contribution >= 4 is 12.4 Å². The van der Waals surface area contributed by atoms with Gasteiger partial charge < -0.3 is 10.5 Å². The van der Waals surface area contributed by atoms with Crippen molar-refractivity contribution in [3.05, 3.63) is 12.7 Å². The van der Waals surface area contributed by atoms with Crippen LogP contribution in [0.15, 0.2) is 12.7 Å². The van der Waals surface area contributed by atoms with Gasteiger partial charge in [0.1, 0.15) is 0 Å². The number of hydrogen-bond donors (Lipinski definition) is 1. The van der Waals surface area contributed by atoms with Gasteiger partial charge in [0.25, 0.3) is 0 Å². The predicted octanol–water partition coefficient (Wildman–Crippen LogP) is 0.617. The van der Waals surface area contributed by atoms with Crippen LogP contribution < -0.4 is 5.73 Å². The van der Waals surface area contributed by atoms with Crippen molar-refractivity contribution in [2.24, 2.45) is 5.73 Å². The fraction of sp³-hybridized carbons (Fsp3) is 0.500. The zero-order valence-electron chi connectivity index (χ0n) is 7.29. The second kappa shape index (κ2) is 12.4. The van der Waals surface area contributed by atoms with E-state index in [0.717, 1.165) is 12.8 Å². The summed E-state index contributed by atoms with van der Waals surface area (Å²) in [7, 11) is 0. The lowest BCUT2D eigenvalue weighted by Gasteiger charge is -1.97. The lowest BCUT2D eigenvalue weighted by Crippen LogP contribution is -2.00. The quantitative estimate of drug-likeness (QED) is 0.293. The van der Waals surface area contributed by atoms with Crippen molar-refractivity contribution in [1.82, 2.24) is 0 Å². The number of rotatable bonds is 4. The monoisotopic (exact) mass is 173 g/mol. The fourth-order valence-corrected chi connectivity index (χ4v) is 0.376. The fourth-order valence-electron chi connectivity index (χ4n) is 0.376. The molecular formula is C8H15NO3. The molecule has 0 fully saturated rings. The second-order valence-corrected chi connectivity index (χ2v) is 1.86. The van der Waals surface area contributed by atoms with E-state index in [1.54, 1.807) is 0 Å². The first-order valence-corrected chi connectivity index (χ1v) is 3.67. The Labute approximate surface area is 72.4 Å². The highest BCUT2D eigenvalue weighted by molar-refractivity contribution is 5.81. The van der Waals surface area contributed by atoms with Gasteiger partial charge in [0, 0.05) is 6.08 Å². The van der Waals surface area contributed by atoms with Crippen molar-refractivity contribution in [2.75, 3.05) is 6.61 Å². The van der Waals surface area contributed by atoms with E-state index in [2.05, 4.69) is 17.0 Å².